The van der Waals surface area contributed by atoms with Crippen LogP contribution in [0.3, 0.4) is 0 Å². The zero-order valence-corrected chi connectivity index (χ0v) is 30.5. The molecule has 54 heavy (non-hydrogen) atoms. The number of halogens is 3. The molecule has 4 aromatic heterocycles. The van der Waals surface area contributed by atoms with Crippen LogP contribution in [-0.2, 0) is 24.0 Å². The predicted molar refractivity (Wildman–Crippen MR) is 211 cm³/mol. The Hall–Kier alpha value is -5.29. The maximum Gasteiger partial charge on any atom is 0.126 e. The van der Waals surface area contributed by atoms with Crippen molar-refractivity contribution in [3.8, 4) is 34.0 Å². The van der Waals surface area contributed by atoms with Gasteiger partial charge < -0.3 is 14.9 Å². The van der Waals surface area contributed by atoms with Gasteiger partial charge in [-0.25, -0.2) is 4.39 Å². The van der Waals surface area contributed by atoms with E-state index < -0.39 is 0 Å². The minimum Gasteiger partial charge on any atom is -0.507 e. The molecule has 0 aliphatic carbocycles. The summed E-state index contributed by atoms with van der Waals surface area (Å²) in [6.07, 6.45) is 10.1. The third-order valence-corrected chi connectivity index (χ3v) is 9.75. The van der Waals surface area contributed by atoms with Gasteiger partial charge in [0.2, 0.25) is 0 Å². The van der Waals surface area contributed by atoms with Crippen LogP contribution >= 0.6 is 23.2 Å². The summed E-state index contributed by atoms with van der Waals surface area (Å²) in [4.78, 5) is 8.48. The fraction of sp³-hybridized carbons (Fsp3) is 0.238. The highest BCUT2D eigenvalue weighted by Crippen LogP contribution is 2.37. The van der Waals surface area contributed by atoms with Crippen molar-refractivity contribution in [2.75, 3.05) is 6.61 Å². The van der Waals surface area contributed by atoms with Gasteiger partial charge in [-0.15, -0.1) is 10.2 Å². The van der Waals surface area contributed by atoms with Crippen molar-refractivity contribution in [1.82, 2.24) is 30.4 Å². The minimum atomic E-state index is -0.250. The van der Waals surface area contributed by atoms with Crippen molar-refractivity contribution >= 4 is 44.7 Å². The van der Waals surface area contributed by atoms with Gasteiger partial charge in [-0.3, -0.25) is 9.97 Å². The number of phenolic OH excluding ortho intramolecular Hbond substituents is 2. The second kappa shape index (κ2) is 16.4. The van der Waals surface area contributed by atoms with Crippen LogP contribution in [0.25, 0.3) is 44.1 Å². The van der Waals surface area contributed by atoms with Gasteiger partial charge in [-0.2, -0.15) is 10.2 Å². The monoisotopic (exact) mass is 764 g/mol. The normalized spacial score (nSPS) is 14.7. The molecule has 2 N–H and O–H groups in total. The number of ether oxygens (including phenoxy) is 1. The first-order chi connectivity index (χ1) is 25.5. The Balaban J connectivity index is 0.000000181. The SMILES string of the molecule is C.CC1(C)C[C@@H](Cc2nnc(-c3ccc(Cl)cc3O)c3ccncc23)CO1.Oc1cc(Cl)ccc1-c1nnc(CCc2ccc(F)cc2)c2cnccc12. The number of aryl methyl sites for hydroxylation is 2. The molecule has 3 aromatic carbocycles. The van der Waals surface area contributed by atoms with E-state index in [0.29, 0.717) is 51.3 Å². The zero-order chi connectivity index (χ0) is 37.1. The van der Waals surface area contributed by atoms with Gasteiger partial charge in [0.1, 0.15) is 28.7 Å². The average molecular weight is 766 g/mol. The fourth-order valence-electron chi connectivity index (χ4n) is 6.72. The van der Waals surface area contributed by atoms with Crippen molar-refractivity contribution < 1.29 is 19.3 Å². The lowest BCUT2D eigenvalue weighted by molar-refractivity contribution is 0.0350. The number of pyridine rings is 2. The molecule has 1 aliphatic rings. The predicted octanol–water partition coefficient (Wildman–Crippen LogP) is 10.0. The number of rotatable bonds is 7. The van der Waals surface area contributed by atoms with Crippen LogP contribution < -0.4 is 0 Å². The summed E-state index contributed by atoms with van der Waals surface area (Å²) in [6.45, 7) is 4.96. The van der Waals surface area contributed by atoms with Gasteiger partial charge in [-0.05, 0) is 112 Å². The molecule has 8 rings (SSSR count). The summed E-state index contributed by atoms with van der Waals surface area (Å²) < 4.78 is 18.9. The fourth-order valence-corrected chi connectivity index (χ4v) is 7.05. The first-order valence-electron chi connectivity index (χ1n) is 17.1. The molecule has 7 aromatic rings. The smallest absolute Gasteiger partial charge is 0.126 e. The van der Waals surface area contributed by atoms with E-state index >= 15 is 0 Å². The second-order valence-corrected chi connectivity index (χ2v) is 14.5. The first kappa shape index (κ1) is 38.4. The molecule has 1 saturated heterocycles. The summed E-state index contributed by atoms with van der Waals surface area (Å²) in [6, 6.07) is 20.1. The number of phenols is 2. The van der Waals surface area contributed by atoms with E-state index in [-0.39, 0.29) is 30.3 Å². The summed E-state index contributed by atoms with van der Waals surface area (Å²) in [7, 11) is 0. The molecule has 0 saturated carbocycles. The van der Waals surface area contributed by atoms with Crippen molar-refractivity contribution in [2.24, 2.45) is 5.92 Å². The number of fused-ring (bicyclic) bond motifs is 2. The maximum atomic E-state index is 13.1. The Morgan fingerprint density at radius 1 is 0.704 bits per heavy atom. The number of hydrogen-bond acceptors (Lipinski definition) is 9. The molecule has 1 aliphatic heterocycles. The van der Waals surface area contributed by atoms with Gasteiger partial charge in [-0.1, -0.05) is 42.8 Å². The highest BCUT2D eigenvalue weighted by molar-refractivity contribution is 6.31. The Morgan fingerprint density at radius 2 is 1.24 bits per heavy atom. The van der Waals surface area contributed by atoms with Crippen molar-refractivity contribution in [2.45, 2.75) is 52.6 Å². The highest BCUT2D eigenvalue weighted by Gasteiger charge is 2.32. The standard InChI is InChI=1S/C21H15ClFN3O.C20H20ClN3O2.CH4/c22-14-4-7-17(20(27)11-14)21-16-9-10-24-12-18(16)19(25-26-21)8-3-13-1-5-15(23)6-2-13;1-20(2)9-12(11-26-20)7-17-16-10-22-6-5-14(16)19(24-23-17)15-4-3-13(21)8-18(15)25;/h1-2,4-7,9-12,27H,3,8H2;3-6,8,10,12,25H,7,9,11H2,1-2H3;1H4/t;12-;/m.1./s1. The maximum absolute atomic E-state index is 13.1. The molecule has 0 amide bonds. The van der Waals surface area contributed by atoms with Gasteiger partial charge >= 0.3 is 0 Å². The molecule has 0 radical (unpaired) electrons. The molecule has 0 spiro atoms. The van der Waals surface area contributed by atoms with Crippen LogP contribution in [0.2, 0.25) is 10.0 Å². The summed E-state index contributed by atoms with van der Waals surface area (Å²) >= 11 is 11.9. The molecule has 0 unspecified atom stereocenters. The molecule has 1 atom stereocenters. The lowest BCUT2D eigenvalue weighted by Crippen LogP contribution is -2.17. The Labute approximate surface area is 322 Å². The van der Waals surface area contributed by atoms with Crippen LogP contribution in [0, 0.1) is 11.7 Å². The number of nitrogens with zero attached hydrogens (tertiary/aromatic N) is 6. The molecule has 276 valence electrons. The Morgan fingerprint density at radius 3 is 1.76 bits per heavy atom. The third-order valence-electron chi connectivity index (χ3n) is 9.28. The van der Waals surface area contributed by atoms with E-state index in [4.69, 9.17) is 27.9 Å². The first-order valence-corrected chi connectivity index (χ1v) is 17.8. The Bertz CT molecular complexity index is 2430. The second-order valence-electron chi connectivity index (χ2n) is 13.6. The highest BCUT2D eigenvalue weighted by atomic mass is 35.5. The molecule has 12 heteroatoms. The molecular weight excluding hydrogens is 726 g/mol. The van der Waals surface area contributed by atoms with Crippen LogP contribution in [0.1, 0.15) is 44.6 Å². The van der Waals surface area contributed by atoms with Gasteiger partial charge in [0.15, 0.2) is 0 Å². The summed E-state index contributed by atoms with van der Waals surface area (Å²) in [5.74, 6) is 0.301. The van der Waals surface area contributed by atoms with E-state index in [0.717, 1.165) is 57.9 Å². The largest absolute Gasteiger partial charge is 0.507 e. The third kappa shape index (κ3) is 8.57. The van der Waals surface area contributed by atoms with Crippen molar-refractivity contribution in [1.29, 1.82) is 0 Å². The summed E-state index contributed by atoms with van der Waals surface area (Å²) in [5.41, 5.74) is 5.03. The lowest BCUT2D eigenvalue weighted by atomic mass is 9.92. The number of hydrogen-bond donors (Lipinski definition) is 2. The van der Waals surface area contributed by atoms with E-state index in [1.165, 1.54) is 24.3 Å². The number of benzene rings is 3. The quantitative estimate of drug-likeness (QED) is 0.163. The van der Waals surface area contributed by atoms with E-state index in [9.17, 15) is 14.6 Å². The molecule has 5 heterocycles. The van der Waals surface area contributed by atoms with Gasteiger partial charge in [0.25, 0.3) is 0 Å². The zero-order valence-electron chi connectivity index (χ0n) is 29.0. The van der Waals surface area contributed by atoms with Crippen LogP contribution in [0.15, 0.2) is 97.6 Å². The number of aromatic hydroxyl groups is 2. The van der Waals surface area contributed by atoms with Crippen LogP contribution in [0.5, 0.6) is 11.5 Å². The summed E-state index contributed by atoms with van der Waals surface area (Å²) in [5, 5.41) is 42.7. The molecular formula is C42H39Cl2FN6O3. The van der Waals surface area contributed by atoms with E-state index in [1.807, 2.05) is 18.3 Å². The molecule has 9 nitrogen and oxygen atoms in total. The minimum absolute atomic E-state index is 0. The molecule has 1 fully saturated rings. The lowest BCUT2D eigenvalue weighted by Gasteiger charge is -2.16. The topological polar surface area (TPSA) is 127 Å². The van der Waals surface area contributed by atoms with E-state index in [2.05, 4.69) is 44.2 Å². The van der Waals surface area contributed by atoms with Crippen LogP contribution in [0.4, 0.5) is 4.39 Å². The van der Waals surface area contributed by atoms with Crippen molar-refractivity contribution in [3.05, 3.63) is 130 Å². The van der Waals surface area contributed by atoms with Crippen molar-refractivity contribution in [3.63, 3.8) is 0 Å². The Kier molecular flexibility index (Phi) is 11.7. The number of aromatic nitrogens is 6. The average Bonchev–Trinajstić information content (AvgIpc) is 3.49. The molecule has 0 bridgehead atoms. The van der Waals surface area contributed by atoms with Gasteiger partial charge in [0.05, 0.1) is 23.6 Å². The van der Waals surface area contributed by atoms with Crippen LogP contribution in [-0.4, -0.2) is 52.8 Å². The van der Waals surface area contributed by atoms with Gasteiger partial charge in [0, 0.05) is 67.5 Å². The van der Waals surface area contributed by atoms with E-state index in [1.54, 1.807) is 55.0 Å².